The molecule has 3 aliphatic heterocycles. The van der Waals surface area contributed by atoms with Crippen molar-refractivity contribution < 1.29 is 52.4 Å². The van der Waals surface area contributed by atoms with Crippen molar-refractivity contribution in [1.82, 2.24) is 44.4 Å². The molecule has 0 unspecified atom stereocenters. The quantitative estimate of drug-likeness (QED) is 0.420. The lowest BCUT2D eigenvalue weighted by Gasteiger charge is -2.34. The molecule has 5 amide bonds. The Morgan fingerprint density at radius 1 is 0.705 bits per heavy atom. The van der Waals surface area contributed by atoms with Gasteiger partial charge in [-0.1, -0.05) is 0 Å². The van der Waals surface area contributed by atoms with E-state index < -0.39 is 83.8 Å². The number of fused-ring (bicyclic) bond motifs is 2. The molecule has 3 aliphatic rings. The third-order valence-corrected chi connectivity index (χ3v) is 9.66. The van der Waals surface area contributed by atoms with Gasteiger partial charge in [0.15, 0.2) is 29.6 Å². The molecule has 0 aromatic carbocycles. The molecular formula is C40H64N10O11. The second-order valence-electron chi connectivity index (χ2n) is 18.8. The first-order valence-electron chi connectivity index (χ1n) is 20.7. The molecule has 2 aromatic heterocycles. The molecule has 0 radical (unpaired) electrons. The van der Waals surface area contributed by atoms with Gasteiger partial charge in [0.1, 0.15) is 40.9 Å². The second-order valence-corrected chi connectivity index (χ2v) is 18.8. The van der Waals surface area contributed by atoms with Crippen molar-refractivity contribution in [2.75, 3.05) is 64.6 Å². The van der Waals surface area contributed by atoms with E-state index in [9.17, 15) is 24.0 Å². The number of carbonyl (C=O) groups is 5. The first-order chi connectivity index (χ1) is 28.3. The average Bonchev–Trinajstić information content (AvgIpc) is 3.79. The Kier molecular flexibility index (Phi) is 14.3. The minimum atomic E-state index is -1.18. The monoisotopic (exact) mass is 860 g/mol. The summed E-state index contributed by atoms with van der Waals surface area (Å²) < 4.78 is 37.3. The molecular weight excluding hydrogens is 796 g/mol. The number of hydrogen-bond donors (Lipinski definition) is 2. The lowest BCUT2D eigenvalue weighted by atomic mass is 10.1. The average molecular weight is 861 g/mol. The molecule has 21 heteroatoms. The van der Waals surface area contributed by atoms with Gasteiger partial charge in [-0.2, -0.15) is 0 Å². The van der Waals surface area contributed by atoms with Gasteiger partial charge in [-0.05, 0) is 89.0 Å². The number of anilines is 1. The highest BCUT2D eigenvalue weighted by Crippen LogP contribution is 2.44. The summed E-state index contributed by atoms with van der Waals surface area (Å²) in [6.07, 6.45) is -1.88. The topological polar surface area (TPSA) is 235 Å². The van der Waals surface area contributed by atoms with Crippen LogP contribution in [-0.2, 0) is 38.0 Å². The molecule has 0 aliphatic carbocycles. The van der Waals surface area contributed by atoms with Crippen LogP contribution in [0.15, 0.2) is 12.7 Å². The fraction of sp³-hybridized carbons (Fsp3) is 0.750. The maximum atomic E-state index is 14.0. The highest BCUT2D eigenvalue weighted by Gasteiger charge is 2.58. The van der Waals surface area contributed by atoms with Crippen LogP contribution < -0.4 is 11.1 Å². The SMILES string of the molecule is CC(C)(C)OC(=O)N1CCCN(C(=O)OC(C)(C)C)CCN(C(=O)OC(C)(C)C)CCCN(C(=O)CNC(=O)[C@H]2O[C@@H](n3cnc4c(N)ncnc43)[C@@H]3OC(C)(C)O[C@@H]32)CC1. The Balaban J connectivity index is 1.33. The largest absolute Gasteiger partial charge is 0.444 e. The van der Waals surface area contributed by atoms with Gasteiger partial charge in [-0.3, -0.25) is 14.2 Å². The first-order valence-corrected chi connectivity index (χ1v) is 20.7. The first kappa shape index (κ1) is 47.0. The Morgan fingerprint density at radius 3 is 1.66 bits per heavy atom. The predicted molar refractivity (Wildman–Crippen MR) is 220 cm³/mol. The number of aromatic nitrogens is 4. The van der Waals surface area contributed by atoms with Crippen molar-refractivity contribution in [3.8, 4) is 0 Å². The van der Waals surface area contributed by atoms with Crippen LogP contribution >= 0.6 is 0 Å². The van der Waals surface area contributed by atoms with E-state index in [0.717, 1.165) is 0 Å². The molecule has 2 aromatic rings. The Labute approximate surface area is 356 Å². The van der Waals surface area contributed by atoms with E-state index in [1.54, 1.807) is 80.7 Å². The zero-order valence-electron chi connectivity index (χ0n) is 37.4. The van der Waals surface area contributed by atoms with E-state index >= 15 is 0 Å². The highest BCUT2D eigenvalue weighted by atomic mass is 16.8. The van der Waals surface area contributed by atoms with Crippen molar-refractivity contribution in [3.63, 3.8) is 0 Å². The molecule has 5 heterocycles. The van der Waals surface area contributed by atoms with E-state index in [4.69, 9.17) is 34.2 Å². The van der Waals surface area contributed by atoms with Crippen LogP contribution in [0.25, 0.3) is 11.2 Å². The predicted octanol–water partition coefficient (Wildman–Crippen LogP) is 3.28. The van der Waals surface area contributed by atoms with Crippen LogP contribution in [0.1, 0.15) is 95.2 Å². The number of hydrogen-bond acceptors (Lipinski definition) is 15. The van der Waals surface area contributed by atoms with Gasteiger partial charge in [0, 0.05) is 52.4 Å². The van der Waals surface area contributed by atoms with Crippen LogP contribution in [0.5, 0.6) is 0 Å². The van der Waals surface area contributed by atoms with E-state index in [1.165, 1.54) is 32.3 Å². The number of nitrogens with two attached hydrogens (primary N) is 1. The molecule has 5 rings (SSSR count). The molecule has 3 saturated heterocycles. The molecule has 3 fully saturated rings. The van der Waals surface area contributed by atoms with Crippen molar-refractivity contribution >= 4 is 47.1 Å². The smallest absolute Gasteiger partial charge is 0.410 e. The van der Waals surface area contributed by atoms with Crippen LogP contribution in [-0.4, -0.2) is 169 Å². The van der Waals surface area contributed by atoms with Gasteiger partial charge in [0.25, 0.3) is 5.91 Å². The minimum Gasteiger partial charge on any atom is -0.444 e. The summed E-state index contributed by atoms with van der Waals surface area (Å²) in [5.74, 6) is -1.91. The third-order valence-electron chi connectivity index (χ3n) is 9.66. The maximum absolute atomic E-state index is 14.0. The Morgan fingerprint density at radius 2 is 1.16 bits per heavy atom. The summed E-state index contributed by atoms with van der Waals surface area (Å²) in [6.45, 7) is 20.1. The number of amides is 5. The molecule has 0 spiro atoms. The summed E-state index contributed by atoms with van der Waals surface area (Å²) in [5.41, 5.74) is 4.43. The van der Waals surface area contributed by atoms with Crippen molar-refractivity contribution in [1.29, 1.82) is 0 Å². The normalized spacial score (nSPS) is 23.3. The van der Waals surface area contributed by atoms with Crippen LogP contribution in [0.4, 0.5) is 20.2 Å². The summed E-state index contributed by atoms with van der Waals surface area (Å²) in [7, 11) is 0. The number of nitrogens with one attached hydrogen (secondary N) is 1. The summed E-state index contributed by atoms with van der Waals surface area (Å²) in [5, 5.41) is 2.73. The molecule has 0 saturated carbocycles. The van der Waals surface area contributed by atoms with Gasteiger partial charge >= 0.3 is 18.3 Å². The van der Waals surface area contributed by atoms with Crippen LogP contribution in [0.3, 0.4) is 0 Å². The molecule has 0 bridgehead atoms. The maximum Gasteiger partial charge on any atom is 0.410 e. The number of carbonyl (C=O) groups excluding carboxylic acids is 5. The summed E-state index contributed by atoms with van der Waals surface area (Å²) >= 11 is 0. The Bertz CT molecular complexity index is 1900. The summed E-state index contributed by atoms with van der Waals surface area (Å²) in [6, 6.07) is 0. The van der Waals surface area contributed by atoms with Crippen molar-refractivity contribution in [3.05, 3.63) is 12.7 Å². The van der Waals surface area contributed by atoms with E-state index in [-0.39, 0.29) is 58.2 Å². The van der Waals surface area contributed by atoms with Gasteiger partial charge in [-0.25, -0.2) is 29.3 Å². The number of rotatable bonds is 4. The second kappa shape index (κ2) is 18.5. The van der Waals surface area contributed by atoms with Crippen LogP contribution in [0, 0.1) is 0 Å². The minimum absolute atomic E-state index is 0.0761. The fourth-order valence-corrected chi connectivity index (χ4v) is 7.05. The zero-order chi connectivity index (χ0) is 45.1. The molecule has 4 atom stereocenters. The van der Waals surface area contributed by atoms with Gasteiger partial charge in [-0.15, -0.1) is 0 Å². The van der Waals surface area contributed by atoms with Crippen molar-refractivity contribution in [2.45, 2.75) is 136 Å². The van der Waals surface area contributed by atoms with Crippen LogP contribution in [0.2, 0.25) is 0 Å². The number of nitrogen functional groups attached to an aromatic ring is 1. The van der Waals surface area contributed by atoms with E-state index in [2.05, 4.69) is 20.3 Å². The van der Waals surface area contributed by atoms with Gasteiger partial charge in [0.2, 0.25) is 5.91 Å². The number of nitrogens with zero attached hydrogens (tertiary/aromatic N) is 8. The fourth-order valence-electron chi connectivity index (χ4n) is 7.05. The van der Waals surface area contributed by atoms with E-state index in [1.807, 2.05) is 0 Å². The molecule has 340 valence electrons. The molecule has 21 nitrogen and oxygen atoms in total. The third kappa shape index (κ3) is 12.8. The number of ether oxygens (including phenoxy) is 6. The van der Waals surface area contributed by atoms with Gasteiger partial charge < -0.3 is 59.1 Å². The molecule has 61 heavy (non-hydrogen) atoms. The number of imidazole rings is 1. The highest BCUT2D eigenvalue weighted by molar-refractivity contribution is 5.88. The van der Waals surface area contributed by atoms with Crippen molar-refractivity contribution in [2.24, 2.45) is 0 Å². The molecule has 3 N–H and O–H groups in total. The Hall–Kier alpha value is -5.02. The van der Waals surface area contributed by atoms with E-state index in [0.29, 0.717) is 24.0 Å². The van der Waals surface area contributed by atoms with Gasteiger partial charge in [0.05, 0.1) is 12.9 Å². The lowest BCUT2D eigenvalue weighted by Crippen LogP contribution is -2.50. The lowest BCUT2D eigenvalue weighted by molar-refractivity contribution is -0.197. The zero-order valence-corrected chi connectivity index (χ0v) is 37.4. The summed E-state index contributed by atoms with van der Waals surface area (Å²) in [4.78, 5) is 86.9. The standard InChI is InChI=1S/C40H64N10O11/c1-37(2,3)59-34(53)47-16-13-17-49(36(55)61-39(7,8)9)21-20-48(35(54)60-38(4,5)6)15-12-14-46(18-19-47)25(51)22-42-32(52)28-27-29(58-40(10,11)57-27)33(56-28)50-24-45-26-30(41)43-23-44-31(26)50/h23-24,27-29,33H,12-22H2,1-11H3,(H,42,52)(H2,41,43,44)/t27-,28+,29-,33-/m1/s1.